The first kappa shape index (κ1) is 17.7. The fraction of sp³-hybridized carbons (Fsp3) is 0.350. The highest BCUT2D eigenvalue weighted by Crippen LogP contribution is 2.50. The van der Waals surface area contributed by atoms with Gasteiger partial charge in [0.2, 0.25) is 5.91 Å². The zero-order valence-corrected chi connectivity index (χ0v) is 16.4. The van der Waals surface area contributed by atoms with E-state index in [9.17, 15) is 9.59 Å². The average molecular weight is 383 g/mol. The summed E-state index contributed by atoms with van der Waals surface area (Å²) in [7, 11) is 3.40. The minimum absolute atomic E-state index is 0.0430. The summed E-state index contributed by atoms with van der Waals surface area (Å²) in [5.41, 5.74) is 2.04. The van der Waals surface area contributed by atoms with Gasteiger partial charge in [-0.25, -0.2) is 4.98 Å². The number of rotatable bonds is 5. The Morgan fingerprint density at radius 2 is 2.15 bits per heavy atom. The number of carbonyl (C=O) groups is 1. The Kier molecular flexibility index (Phi) is 4.26. The van der Waals surface area contributed by atoms with Crippen molar-refractivity contribution in [2.45, 2.75) is 31.7 Å². The molecule has 0 spiro atoms. The number of methoxy groups -OCH3 is 1. The molecule has 0 saturated heterocycles. The van der Waals surface area contributed by atoms with E-state index in [-0.39, 0.29) is 18.0 Å². The van der Waals surface area contributed by atoms with Crippen LogP contribution in [-0.2, 0) is 16.8 Å². The van der Waals surface area contributed by atoms with Crippen molar-refractivity contribution in [1.82, 2.24) is 14.9 Å². The number of ether oxygens (including phenoxy) is 1. The Morgan fingerprint density at radius 3 is 2.85 bits per heavy atom. The quantitative estimate of drug-likeness (QED) is 0.735. The maximum absolute atomic E-state index is 13.2. The molecule has 4 rings (SSSR count). The van der Waals surface area contributed by atoms with Crippen molar-refractivity contribution in [2.24, 2.45) is 0 Å². The molecule has 2 heterocycles. The van der Waals surface area contributed by atoms with E-state index in [1.807, 2.05) is 36.6 Å². The lowest BCUT2D eigenvalue weighted by atomic mass is 9.93. The van der Waals surface area contributed by atoms with Crippen LogP contribution in [0, 0.1) is 6.92 Å². The molecule has 140 valence electrons. The number of likely N-dealkylation sites (N-methyl/N-ethyl adjacent to an activating group) is 1. The lowest BCUT2D eigenvalue weighted by Crippen LogP contribution is -2.37. The van der Waals surface area contributed by atoms with Gasteiger partial charge in [-0.3, -0.25) is 9.59 Å². The largest absolute Gasteiger partial charge is 0.496 e. The van der Waals surface area contributed by atoms with Gasteiger partial charge in [0.05, 0.1) is 24.6 Å². The predicted octanol–water partition coefficient (Wildman–Crippen LogP) is 2.99. The van der Waals surface area contributed by atoms with Crippen LogP contribution in [0.3, 0.4) is 0 Å². The fourth-order valence-corrected chi connectivity index (χ4v) is 4.25. The first-order valence-corrected chi connectivity index (χ1v) is 9.70. The van der Waals surface area contributed by atoms with E-state index in [0.29, 0.717) is 16.0 Å². The summed E-state index contributed by atoms with van der Waals surface area (Å²) in [5, 5.41) is 1.84. The molecular formula is C20H21N3O3S. The number of aromatic amines is 1. The molecule has 0 atom stereocenters. The van der Waals surface area contributed by atoms with E-state index in [2.05, 4.69) is 9.97 Å². The van der Waals surface area contributed by atoms with Gasteiger partial charge < -0.3 is 14.6 Å². The number of fused-ring (bicyclic) bond motifs is 1. The number of nitrogens with zero attached hydrogens (tertiary/aromatic N) is 2. The number of H-pyrrole nitrogens is 1. The second-order valence-electron chi connectivity index (χ2n) is 7.08. The number of benzene rings is 1. The normalized spacial score (nSPS) is 14.9. The molecule has 0 aliphatic heterocycles. The molecule has 1 N–H and O–H groups in total. The van der Waals surface area contributed by atoms with Crippen LogP contribution in [0.2, 0.25) is 0 Å². The van der Waals surface area contributed by atoms with E-state index >= 15 is 0 Å². The fourth-order valence-electron chi connectivity index (χ4n) is 3.53. The number of aromatic nitrogens is 2. The van der Waals surface area contributed by atoms with Crippen LogP contribution in [0.5, 0.6) is 5.75 Å². The number of amides is 1. The Labute approximate surface area is 160 Å². The van der Waals surface area contributed by atoms with Gasteiger partial charge in [-0.2, -0.15) is 0 Å². The van der Waals surface area contributed by atoms with Gasteiger partial charge >= 0.3 is 0 Å². The summed E-state index contributed by atoms with van der Waals surface area (Å²) in [6.45, 7) is 2.25. The molecule has 1 aliphatic rings. The molecule has 0 unspecified atom stereocenters. The van der Waals surface area contributed by atoms with Crippen molar-refractivity contribution in [1.29, 1.82) is 0 Å². The van der Waals surface area contributed by atoms with E-state index < -0.39 is 5.41 Å². The summed E-state index contributed by atoms with van der Waals surface area (Å²) in [4.78, 5) is 34.2. The predicted molar refractivity (Wildman–Crippen MR) is 105 cm³/mol. The van der Waals surface area contributed by atoms with E-state index in [0.717, 1.165) is 29.7 Å². The third-order valence-electron chi connectivity index (χ3n) is 5.22. The van der Waals surface area contributed by atoms with Crippen LogP contribution in [0.4, 0.5) is 0 Å². The first-order valence-electron chi connectivity index (χ1n) is 8.82. The lowest BCUT2D eigenvalue weighted by molar-refractivity contribution is -0.133. The van der Waals surface area contributed by atoms with Gasteiger partial charge in [-0.15, -0.1) is 11.3 Å². The highest BCUT2D eigenvalue weighted by Gasteiger charge is 2.52. The number of nitrogens with one attached hydrogen (secondary N) is 1. The number of aryl methyl sites for hydroxylation is 1. The van der Waals surface area contributed by atoms with Gasteiger partial charge in [0.25, 0.3) is 5.56 Å². The molecule has 7 heteroatoms. The van der Waals surface area contributed by atoms with Crippen LogP contribution in [0.1, 0.15) is 29.8 Å². The Hall–Kier alpha value is -2.67. The molecule has 1 saturated carbocycles. The Bertz CT molecular complexity index is 1080. The molecule has 0 bridgehead atoms. The molecule has 27 heavy (non-hydrogen) atoms. The SMILES string of the molecule is COc1cc(C2(C(=O)N(C)Cc3nc4ccsc4c(=O)[nH]3)CC2)ccc1C. The van der Waals surface area contributed by atoms with Gasteiger partial charge in [0.15, 0.2) is 0 Å². The van der Waals surface area contributed by atoms with Gasteiger partial charge in [0, 0.05) is 7.05 Å². The van der Waals surface area contributed by atoms with E-state index in [1.54, 1.807) is 19.1 Å². The second-order valence-corrected chi connectivity index (χ2v) is 7.99. The smallest absolute Gasteiger partial charge is 0.268 e. The van der Waals surface area contributed by atoms with Crippen molar-refractivity contribution < 1.29 is 9.53 Å². The molecular weight excluding hydrogens is 362 g/mol. The molecule has 1 amide bonds. The van der Waals surface area contributed by atoms with Gasteiger partial charge in [-0.1, -0.05) is 12.1 Å². The minimum atomic E-state index is -0.498. The van der Waals surface area contributed by atoms with E-state index in [4.69, 9.17) is 4.74 Å². The van der Waals surface area contributed by atoms with Crippen LogP contribution < -0.4 is 10.3 Å². The molecule has 2 aromatic heterocycles. The summed E-state index contributed by atoms with van der Waals surface area (Å²) in [6, 6.07) is 7.78. The molecule has 1 aromatic carbocycles. The van der Waals surface area contributed by atoms with Crippen LogP contribution in [0.15, 0.2) is 34.4 Å². The summed E-state index contributed by atoms with van der Waals surface area (Å²) >= 11 is 1.37. The third kappa shape index (κ3) is 3.02. The molecule has 0 radical (unpaired) electrons. The molecule has 1 aliphatic carbocycles. The topological polar surface area (TPSA) is 75.3 Å². The first-order chi connectivity index (χ1) is 12.9. The summed E-state index contributed by atoms with van der Waals surface area (Å²) in [5.74, 6) is 1.34. The number of thiophene rings is 1. The van der Waals surface area contributed by atoms with Crippen molar-refractivity contribution in [3.8, 4) is 5.75 Å². The van der Waals surface area contributed by atoms with Crippen molar-refractivity contribution in [3.05, 3.63) is 57.0 Å². The average Bonchev–Trinajstić information content (AvgIpc) is 3.32. The van der Waals surface area contributed by atoms with Gasteiger partial charge in [-0.05, 0) is 48.4 Å². The second kappa shape index (κ2) is 6.49. The van der Waals surface area contributed by atoms with Crippen molar-refractivity contribution >= 4 is 27.5 Å². The zero-order valence-electron chi connectivity index (χ0n) is 15.5. The standard InChI is InChI=1S/C20H21N3O3S/c1-12-4-5-13(10-15(12)26-3)20(7-8-20)19(25)23(2)11-16-21-14-6-9-27-17(14)18(24)22-16/h4-6,9-10H,7-8,11H2,1-3H3,(H,21,22,24). The van der Waals surface area contributed by atoms with Gasteiger partial charge in [0.1, 0.15) is 16.3 Å². The van der Waals surface area contributed by atoms with Crippen LogP contribution >= 0.6 is 11.3 Å². The minimum Gasteiger partial charge on any atom is -0.496 e. The number of hydrogen-bond donors (Lipinski definition) is 1. The molecule has 3 aromatic rings. The number of hydrogen-bond acceptors (Lipinski definition) is 5. The van der Waals surface area contributed by atoms with Crippen molar-refractivity contribution in [3.63, 3.8) is 0 Å². The third-order valence-corrected chi connectivity index (χ3v) is 6.12. The lowest BCUT2D eigenvalue weighted by Gasteiger charge is -2.24. The molecule has 1 fully saturated rings. The monoisotopic (exact) mass is 383 g/mol. The maximum atomic E-state index is 13.2. The summed E-state index contributed by atoms with van der Waals surface area (Å²) in [6.07, 6.45) is 1.63. The summed E-state index contributed by atoms with van der Waals surface area (Å²) < 4.78 is 6.03. The zero-order chi connectivity index (χ0) is 19.2. The molecule has 6 nitrogen and oxygen atoms in total. The highest BCUT2D eigenvalue weighted by atomic mass is 32.1. The maximum Gasteiger partial charge on any atom is 0.268 e. The Morgan fingerprint density at radius 1 is 1.37 bits per heavy atom. The van der Waals surface area contributed by atoms with Crippen LogP contribution in [-0.4, -0.2) is 34.9 Å². The Balaban J connectivity index is 1.59. The van der Waals surface area contributed by atoms with E-state index in [1.165, 1.54) is 11.3 Å². The highest BCUT2D eigenvalue weighted by molar-refractivity contribution is 7.17. The van der Waals surface area contributed by atoms with Crippen LogP contribution in [0.25, 0.3) is 10.2 Å². The number of carbonyl (C=O) groups excluding carboxylic acids is 1. The van der Waals surface area contributed by atoms with Crippen molar-refractivity contribution in [2.75, 3.05) is 14.2 Å².